The van der Waals surface area contributed by atoms with Crippen molar-refractivity contribution in [1.29, 1.82) is 5.26 Å². The average molecular weight is 218 g/mol. The molecule has 86 valence electrons. The van der Waals surface area contributed by atoms with Crippen molar-refractivity contribution in [3.05, 3.63) is 29.3 Å². The van der Waals surface area contributed by atoms with Crippen molar-refractivity contribution >= 4 is 5.69 Å². The quantitative estimate of drug-likeness (QED) is 0.798. The molecule has 0 amide bonds. The van der Waals surface area contributed by atoms with Crippen LogP contribution in [0.2, 0.25) is 0 Å². The summed E-state index contributed by atoms with van der Waals surface area (Å²) < 4.78 is 0. The summed E-state index contributed by atoms with van der Waals surface area (Å²) in [5.41, 5.74) is 2.49. The highest BCUT2D eigenvalue weighted by molar-refractivity contribution is 5.58. The van der Waals surface area contributed by atoms with Crippen LogP contribution in [0.5, 0.6) is 0 Å². The highest BCUT2D eigenvalue weighted by Crippen LogP contribution is 2.16. The number of aryl methyl sites for hydroxylation is 1. The largest absolute Gasteiger partial charge is 0.391 e. The molecule has 0 fully saturated rings. The van der Waals surface area contributed by atoms with Gasteiger partial charge in [0.15, 0.2) is 0 Å². The van der Waals surface area contributed by atoms with Gasteiger partial charge < -0.3 is 10.4 Å². The lowest BCUT2D eigenvalue weighted by molar-refractivity contribution is 0.176. The second-order valence-electron chi connectivity index (χ2n) is 3.98. The summed E-state index contributed by atoms with van der Waals surface area (Å²) in [6.07, 6.45) is 1.39. The van der Waals surface area contributed by atoms with Crippen LogP contribution in [0.3, 0.4) is 0 Å². The Morgan fingerprint density at radius 3 is 2.88 bits per heavy atom. The fourth-order valence-corrected chi connectivity index (χ4v) is 1.57. The summed E-state index contributed by atoms with van der Waals surface area (Å²) in [5, 5.41) is 21.6. The molecule has 0 radical (unpaired) electrons. The number of hydrogen-bond donors (Lipinski definition) is 2. The Morgan fingerprint density at radius 1 is 1.50 bits per heavy atom. The molecule has 2 N–H and O–H groups in total. The third-order valence-corrected chi connectivity index (χ3v) is 2.45. The molecule has 1 atom stereocenters. The molecule has 16 heavy (non-hydrogen) atoms. The maximum absolute atomic E-state index is 9.58. The maximum Gasteiger partial charge on any atom is 0.101 e. The van der Waals surface area contributed by atoms with Crippen LogP contribution in [0, 0.1) is 18.3 Å². The van der Waals surface area contributed by atoms with Gasteiger partial charge >= 0.3 is 0 Å². The van der Waals surface area contributed by atoms with E-state index in [9.17, 15) is 5.11 Å². The van der Waals surface area contributed by atoms with E-state index in [0.29, 0.717) is 12.1 Å². The first-order chi connectivity index (χ1) is 7.67. The van der Waals surface area contributed by atoms with Crippen molar-refractivity contribution < 1.29 is 5.11 Å². The minimum Gasteiger partial charge on any atom is -0.391 e. The number of benzene rings is 1. The van der Waals surface area contributed by atoms with Crippen LogP contribution in [0.25, 0.3) is 0 Å². The van der Waals surface area contributed by atoms with Gasteiger partial charge in [-0.2, -0.15) is 5.26 Å². The number of nitrogens with one attached hydrogen (secondary N) is 1. The minimum atomic E-state index is -0.349. The van der Waals surface area contributed by atoms with E-state index >= 15 is 0 Å². The molecule has 0 saturated heterocycles. The minimum absolute atomic E-state index is 0.349. The predicted octanol–water partition coefficient (Wildman–Crippen LogP) is 2.44. The molecule has 0 aliphatic heterocycles. The Morgan fingerprint density at radius 2 is 2.25 bits per heavy atom. The second kappa shape index (κ2) is 6.14. The van der Waals surface area contributed by atoms with E-state index in [4.69, 9.17) is 5.26 Å². The van der Waals surface area contributed by atoms with Gasteiger partial charge in [0.1, 0.15) is 6.07 Å². The van der Waals surface area contributed by atoms with Gasteiger partial charge in [-0.05, 0) is 31.0 Å². The summed E-state index contributed by atoms with van der Waals surface area (Å²) in [4.78, 5) is 0. The van der Waals surface area contributed by atoms with Gasteiger partial charge in [0.25, 0.3) is 0 Å². The van der Waals surface area contributed by atoms with Crippen LogP contribution in [0.1, 0.15) is 30.9 Å². The zero-order valence-corrected chi connectivity index (χ0v) is 9.83. The number of aliphatic hydroxyl groups is 1. The van der Waals surface area contributed by atoms with Crippen molar-refractivity contribution in [2.75, 3.05) is 11.9 Å². The van der Waals surface area contributed by atoms with Crippen LogP contribution < -0.4 is 5.32 Å². The van der Waals surface area contributed by atoms with Crippen molar-refractivity contribution in [3.8, 4) is 6.07 Å². The van der Waals surface area contributed by atoms with Gasteiger partial charge in [0.2, 0.25) is 0 Å². The monoisotopic (exact) mass is 218 g/mol. The first kappa shape index (κ1) is 12.5. The van der Waals surface area contributed by atoms with Gasteiger partial charge in [-0.1, -0.05) is 19.4 Å². The zero-order chi connectivity index (χ0) is 12.0. The topological polar surface area (TPSA) is 56.0 Å². The molecule has 0 bridgehead atoms. The number of nitrogens with zero attached hydrogens (tertiary/aromatic N) is 1. The standard InChI is InChI=1S/C13H18N2O/c1-3-4-12(16)9-15-13-6-5-10(2)7-11(13)8-14/h5-7,12,15-16H,3-4,9H2,1-2H3. The second-order valence-corrected chi connectivity index (χ2v) is 3.98. The fourth-order valence-electron chi connectivity index (χ4n) is 1.57. The molecule has 1 aromatic rings. The molecular formula is C13H18N2O. The number of nitriles is 1. The van der Waals surface area contributed by atoms with E-state index < -0.39 is 0 Å². The Kier molecular flexibility index (Phi) is 4.81. The summed E-state index contributed by atoms with van der Waals surface area (Å²) in [6.45, 7) is 4.48. The van der Waals surface area contributed by atoms with Gasteiger partial charge in [-0.25, -0.2) is 0 Å². The lowest BCUT2D eigenvalue weighted by Gasteiger charge is -2.13. The number of anilines is 1. The molecule has 1 aromatic carbocycles. The van der Waals surface area contributed by atoms with E-state index in [1.54, 1.807) is 0 Å². The third-order valence-electron chi connectivity index (χ3n) is 2.45. The predicted molar refractivity (Wildman–Crippen MR) is 65.3 cm³/mol. The van der Waals surface area contributed by atoms with Gasteiger partial charge in [0, 0.05) is 6.54 Å². The van der Waals surface area contributed by atoms with E-state index in [1.807, 2.05) is 32.0 Å². The maximum atomic E-state index is 9.58. The smallest absolute Gasteiger partial charge is 0.101 e. The van der Waals surface area contributed by atoms with Crippen molar-refractivity contribution in [2.24, 2.45) is 0 Å². The van der Waals surface area contributed by atoms with E-state index in [2.05, 4.69) is 11.4 Å². The van der Waals surface area contributed by atoms with Crippen LogP contribution in [0.4, 0.5) is 5.69 Å². The summed E-state index contributed by atoms with van der Waals surface area (Å²) in [7, 11) is 0. The van der Waals surface area contributed by atoms with Crippen molar-refractivity contribution in [3.63, 3.8) is 0 Å². The Hall–Kier alpha value is -1.53. The van der Waals surface area contributed by atoms with E-state index in [-0.39, 0.29) is 6.10 Å². The molecule has 1 unspecified atom stereocenters. The average Bonchev–Trinajstić information content (AvgIpc) is 2.27. The number of hydrogen-bond acceptors (Lipinski definition) is 3. The molecule has 1 rings (SSSR count). The van der Waals surface area contributed by atoms with Gasteiger partial charge in [0.05, 0.1) is 17.4 Å². The lowest BCUT2D eigenvalue weighted by atomic mass is 10.1. The number of rotatable bonds is 5. The first-order valence-corrected chi connectivity index (χ1v) is 5.60. The normalized spacial score (nSPS) is 11.9. The Balaban J connectivity index is 2.64. The molecule has 0 aliphatic carbocycles. The highest BCUT2D eigenvalue weighted by atomic mass is 16.3. The molecule has 0 heterocycles. The van der Waals surface area contributed by atoms with Crippen molar-refractivity contribution in [1.82, 2.24) is 0 Å². The summed E-state index contributed by atoms with van der Waals surface area (Å²) >= 11 is 0. The molecule has 3 heteroatoms. The Labute approximate surface area is 96.7 Å². The molecule has 0 aliphatic rings. The third kappa shape index (κ3) is 3.56. The fraction of sp³-hybridized carbons (Fsp3) is 0.462. The van der Waals surface area contributed by atoms with Gasteiger partial charge in [-0.15, -0.1) is 0 Å². The van der Waals surface area contributed by atoms with Crippen LogP contribution in [0.15, 0.2) is 18.2 Å². The van der Waals surface area contributed by atoms with E-state index in [0.717, 1.165) is 24.1 Å². The molecule has 0 spiro atoms. The SMILES string of the molecule is CCCC(O)CNc1ccc(C)cc1C#N. The summed E-state index contributed by atoms with van der Waals surface area (Å²) in [6, 6.07) is 7.83. The molecule has 0 saturated carbocycles. The molecule has 0 aromatic heterocycles. The van der Waals surface area contributed by atoms with Crippen LogP contribution in [-0.4, -0.2) is 17.8 Å². The van der Waals surface area contributed by atoms with Crippen LogP contribution in [-0.2, 0) is 0 Å². The van der Waals surface area contributed by atoms with E-state index in [1.165, 1.54) is 0 Å². The molecular weight excluding hydrogens is 200 g/mol. The van der Waals surface area contributed by atoms with Gasteiger partial charge in [-0.3, -0.25) is 0 Å². The zero-order valence-electron chi connectivity index (χ0n) is 9.83. The molecule has 3 nitrogen and oxygen atoms in total. The lowest BCUT2D eigenvalue weighted by Crippen LogP contribution is -2.19. The van der Waals surface area contributed by atoms with Crippen LogP contribution >= 0.6 is 0 Å². The Bertz CT molecular complexity index is 382. The van der Waals surface area contributed by atoms with Crippen molar-refractivity contribution in [2.45, 2.75) is 32.8 Å². The summed E-state index contributed by atoms with van der Waals surface area (Å²) in [5.74, 6) is 0. The first-order valence-electron chi connectivity index (χ1n) is 5.60. The number of aliphatic hydroxyl groups excluding tert-OH is 1. The highest BCUT2D eigenvalue weighted by Gasteiger charge is 2.05.